The molecule has 0 aliphatic rings. The van der Waals surface area contributed by atoms with Gasteiger partial charge in [0, 0.05) is 6.54 Å². The van der Waals surface area contributed by atoms with Crippen molar-refractivity contribution in [3.05, 3.63) is 12.0 Å². The Morgan fingerprint density at radius 3 is 2.81 bits per heavy atom. The number of hydrogen-bond donors (Lipinski definition) is 1. The predicted molar refractivity (Wildman–Crippen MR) is 65.1 cm³/mol. The summed E-state index contributed by atoms with van der Waals surface area (Å²) in [5, 5.41) is 8.78. The molecule has 2 rings (SSSR count). The van der Waals surface area contributed by atoms with Gasteiger partial charge in [-0.25, -0.2) is 0 Å². The summed E-state index contributed by atoms with van der Waals surface area (Å²) in [7, 11) is 0. The number of aromatic nitrogens is 4. The van der Waals surface area contributed by atoms with Crippen LogP contribution in [0.4, 0.5) is 5.00 Å². The first-order valence-electron chi connectivity index (χ1n) is 5.19. The van der Waals surface area contributed by atoms with E-state index >= 15 is 0 Å². The van der Waals surface area contributed by atoms with Crippen molar-refractivity contribution in [3.63, 3.8) is 0 Å². The first-order chi connectivity index (χ1) is 7.59. The molecule has 0 aliphatic carbocycles. The molecular formula is C10H15N5S. The van der Waals surface area contributed by atoms with Gasteiger partial charge in [-0.05, 0) is 24.4 Å². The maximum absolute atomic E-state index is 5.91. The van der Waals surface area contributed by atoms with E-state index in [9.17, 15) is 0 Å². The van der Waals surface area contributed by atoms with Gasteiger partial charge >= 0.3 is 0 Å². The lowest BCUT2D eigenvalue weighted by Gasteiger charge is -2.08. The zero-order valence-electron chi connectivity index (χ0n) is 9.64. The van der Waals surface area contributed by atoms with Crippen molar-refractivity contribution in [1.29, 1.82) is 0 Å². The van der Waals surface area contributed by atoms with E-state index in [2.05, 4.69) is 28.4 Å². The van der Waals surface area contributed by atoms with Gasteiger partial charge in [-0.1, -0.05) is 13.8 Å². The van der Waals surface area contributed by atoms with E-state index in [-0.39, 0.29) is 0 Å². The number of anilines is 1. The van der Waals surface area contributed by atoms with Gasteiger partial charge in [0.2, 0.25) is 0 Å². The fourth-order valence-corrected chi connectivity index (χ4v) is 2.29. The van der Waals surface area contributed by atoms with Gasteiger partial charge in [-0.3, -0.25) is 0 Å². The molecule has 0 aliphatic heterocycles. The van der Waals surface area contributed by atoms with Gasteiger partial charge in [0.15, 0.2) is 5.82 Å². The maximum Gasteiger partial charge on any atom is 0.168 e. The van der Waals surface area contributed by atoms with E-state index in [1.54, 1.807) is 6.33 Å². The molecule has 2 N–H and O–H groups in total. The van der Waals surface area contributed by atoms with E-state index in [0.29, 0.717) is 10.9 Å². The van der Waals surface area contributed by atoms with Crippen LogP contribution >= 0.6 is 11.5 Å². The Balaban J connectivity index is 2.44. The lowest BCUT2D eigenvalue weighted by molar-refractivity contribution is 0.525. The van der Waals surface area contributed by atoms with Crippen LogP contribution in [-0.4, -0.2) is 19.1 Å². The van der Waals surface area contributed by atoms with Crippen LogP contribution in [-0.2, 0) is 6.54 Å². The molecule has 5 nitrogen and oxygen atoms in total. The fraction of sp³-hybridized carbons (Fsp3) is 0.500. The third-order valence-corrected chi connectivity index (χ3v) is 3.06. The monoisotopic (exact) mass is 237 g/mol. The minimum Gasteiger partial charge on any atom is -0.389 e. The molecule has 0 bridgehead atoms. The quantitative estimate of drug-likeness (QED) is 0.885. The van der Waals surface area contributed by atoms with Gasteiger partial charge < -0.3 is 10.3 Å². The second-order valence-electron chi connectivity index (χ2n) is 4.21. The first kappa shape index (κ1) is 11.1. The standard InChI is InChI=1S/C10H15N5S/c1-6(2)4-15-5-12-13-10(15)8-7(3)14-16-9(8)11/h5-6H,4,11H2,1-3H3. The van der Waals surface area contributed by atoms with Crippen LogP contribution in [0.1, 0.15) is 19.5 Å². The fourth-order valence-electron chi connectivity index (χ4n) is 1.63. The number of hydrogen-bond acceptors (Lipinski definition) is 5. The van der Waals surface area contributed by atoms with Gasteiger partial charge in [0.05, 0.1) is 11.3 Å². The highest BCUT2D eigenvalue weighted by Gasteiger charge is 2.16. The Morgan fingerprint density at radius 1 is 1.50 bits per heavy atom. The molecule has 0 saturated heterocycles. The zero-order valence-corrected chi connectivity index (χ0v) is 10.5. The normalized spacial score (nSPS) is 11.2. The number of aryl methyl sites for hydroxylation is 1. The van der Waals surface area contributed by atoms with Crippen LogP contribution in [0.5, 0.6) is 0 Å². The Bertz CT molecular complexity index is 466. The molecule has 2 aromatic heterocycles. The van der Waals surface area contributed by atoms with Crippen molar-refractivity contribution in [1.82, 2.24) is 19.1 Å². The summed E-state index contributed by atoms with van der Waals surface area (Å²) in [6, 6.07) is 0. The van der Waals surface area contributed by atoms with Crippen LogP contribution in [0.25, 0.3) is 11.4 Å². The molecule has 0 aromatic carbocycles. The minimum absolute atomic E-state index is 0.544. The Morgan fingerprint density at radius 2 is 2.25 bits per heavy atom. The topological polar surface area (TPSA) is 69.6 Å². The summed E-state index contributed by atoms with van der Waals surface area (Å²) in [4.78, 5) is 0. The average Bonchev–Trinajstić information content (AvgIpc) is 2.74. The average molecular weight is 237 g/mol. The lowest BCUT2D eigenvalue weighted by Crippen LogP contribution is -2.06. The van der Waals surface area contributed by atoms with Gasteiger partial charge in [-0.15, -0.1) is 10.2 Å². The molecule has 0 fully saturated rings. The highest BCUT2D eigenvalue weighted by molar-refractivity contribution is 7.10. The van der Waals surface area contributed by atoms with Crippen molar-refractivity contribution in [2.45, 2.75) is 27.3 Å². The molecule has 0 radical (unpaired) electrons. The SMILES string of the molecule is Cc1nsc(N)c1-c1nncn1CC(C)C. The highest BCUT2D eigenvalue weighted by Crippen LogP contribution is 2.30. The predicted octanol–water partition coefficient (Wildman–Crippen LogP) is 1.95. The van der Waals surface area contributed by atoms with Gasteiger partial charge in [-0.2, -0.15) is 4.37 Å². The van der Waals surface area contributed by atoms with E-state index in [1.807, 2.05) is 11.5 Å². The van der Waals surface area contributed by atoms with Crippen LogP contribution in [0, 0.1) is 12.8 Å². The van der Waals surface area contributed by atoms with Gasteiger partial charge in [0.25, 0.3) is 0 Å². The van der Waals surface area contributed by atoms with Crippen molar-refractivity contribution in [2.24, 2.45) is 5.92 Å². The number of rotatable bonds is 3. The van der Waals surface area contributed by atoms with E-state index in [4.69, 9.17) is 5.73 Å². The van der Waals surface area contributed by atoms with Crippen molar-refractivity contribution >= 4 is 16.5 Å². The molecular weight excluding hydrogens is 222 g/mol. The Hall–Kier alpha value is -1.43. The molecule has 0 amide bonds. The van der Waals surface area contributed by atoms with E-state index in [1.165, 1.54) is 11.5 Å². The zero-order chi connectivity index (χ0) is 11.7. The van der Waals surface area contributed by atoms with Crippen LogP contribution in [0.2, 0.25) is 0 Å². The number of nitrogen functional groups attached to an aromatic ring is 1. The summed E-state index contributed by atoms with van der Waals surface area (Å²) >= 11 is 1.30. The largest absolute Gasteiger partial charge is 0.389 e. The van der Waals surface area contributed by atoms with Crippen LogP contribution in [0.15, 0.2) is 6.33 Å². The Kier molecular flexibility index (Phi) is 2.91. The molecule has 2 aromatic rings. The molecule has 0 atom stereocenters. The maximum atomic E-state index is 5.91. The minimum atomic E-state index is 0.544. The summed E-state index contributed by atoms with van der Waals surface area (Å²) in [6.07, 6.45) is 1.74. The Labute approximate surface area is 98.5 Å². The van der Waals surface area contributed by atoms with E-state index < -0.39 is 0 Å². The number of nitrogens with two attached hydrogens (primary N) is 1. The molecule has 0 spiro atoms. The second kappa shape index (κ2) is 4.21. The summed E-state index contributed by atoms with van der Waals surface area (Å²) in [5.74, 6) is 1.36. The lowest BCUT2D eigenvalue weighted by atomic mass is 10.2. The first-order valence-corrected chi connectivity index (χ1v) is 5.97. The molecule has 6 heteroatoms. The summed E-state index contributed by atoms with van der Waals surface area (Å²) in [6.45, 7) is 7.14. The highest BCUT2D eigenvalue weighted by atomic mass is 32.1. The molecule has 0 saturated carbocycles. The molecule has 2 heterocycles. The van der Waals surface area contributed by atoms with Crippen molar-refractivity contribution in [2.75, 3.05) is 5.73 Å². The summed E-state index contributed by atoms with van der Waals surface area (Å²) < 4.78 is 6.25. The third-order valence-electron chi connectivity index (χ3n) is 2.29. The molecule has 16 heavy (non-hydrogen) atoms. The summed E-state index contributed by atoms with van der Waals surface area (Å²) in [5.41, 5.74) is 7.74. The second-order valence-corrected chi connectivity index (χ2v) is 5.01. The molecule has 86 valence electrons. The van der Waals surface area contributed by atoms with Gasteiger partial charge in [0.1, 0.15) is 11.3 Å². The van der Waals surface area contributed by atoms with E-state index in [0.717, 1.165) is 23.6 Å². The van der Waals surface area contributed by atoms with Crippen LogP contribution in [0.3, 0.4) is 0 Å². The van der Waals surface area contributed by atoms with Crippen molar-refractivity contribution < 1.29 is 0 Å². The third kappa shape index (κ3) is 1.92. The van der Waals surface area contributed by atoms with Crippen LogP contribution < -0.4 is 5.73 Å². The number of nitrogens with zero attached hydrogens (tertiary/aromatic N) is 4. The van der Waals surface area contributed by atoms with Crippen molar-refractivity contribution in [3.8, 4) is 11.4 Å². The molecule has 0 unspecified atom stereocenters. The smallest absolute Gasteiger partial charge is 0.168 e.